The zero-order chi connectivity index (χ0) is 32.2. The quantitative estimate of drug-likeness (QED) is 0.0749. The fourth-order valence-electron chi connectivity index (χ4n) is 4.21. The van der Waals surface area contributed by atoms with Crippen LogP contribution in [0.15, 0.2) is 90.1 Å². The molecule has 44 heavy (non-hydrogen) atoms. The smallest absolute Gasteiger partial charge is 0.242 e. The molecule has 0 fully saturated rings. The lowest BCUT2D eigenvalue weighted by atomic mass is 10.0. The highest BCUT2D eigenvalue weighted by Crippen LogP contribution is 2.12. The molecule has 3 aromatic carbocycles. The van der Waals surface area contributed by atoms with Crippen LogP contribution in [0.2, 0.25) is 0 Å². The van der Waals surface area contributed by atoms with Gasteiger partial charge in [0.15, 0.2) is 5.84 Å². The maximum absolute atomic E-state index is 13.6. The van der Waals surface area contributed by atoms with Crippen molar-refractivity contribution in [2.75, 3.05) is 6.61 Å². The minimum atomic E-state index is -3.94. The first-order valence-electron chi connectivity index (χ1n) is 14.2. The minimum Gasteiger partial charge on any atom is -0.409 e. The third kappa shape index (κ3) is 11.8. The summed E-state index contributed by atoms with van der Waals surface area (Å²) in [5.41, 5.74) is 7.80. The molecule has 0 aliphatic heterocycles. The van der Waals surface area contributed by atoms with E-state index in [9.17, 15) is 18.0 Å². The van der Waals surface area contributed by atoms with Crippen molar-refractivity contribution in [1.29, 1.82) is 0 Å². The number of benzene rings is 3. The SMILES string of the molecule is CC(C)(C)OC[C@@H](NS(=O)(=O)Cc1ccccc1)C(=O)N[C@@H](CCc1ccccc1)C(=O)NCc1ccc(/C(N)=N/O)cc1. The highest BCUT2D eigenvalue weighted by molar-refractivity contribution is 7.88. The number of carbonyl (C=O) groups excluding carboxylic acids is 2. The molecule has 2 atom stereocenters. The molecule has 236 valence electrons. The van der Waals surface area contributed by atoms with Crippen LogP contribution in [0, 0.1) is 0 Å². The number of sulfonamides is 1. The summed E-state index contributed by atoms with van der Waals surface area (Å²) in [6.45, 7) is 5.33. The molecule has 0 aromatic heterocycles. The Morgan fingerprint density at radius 2 is 1.45 bits per heavy atom. The largest absolute Gasteiger partial charge is 0.409 e. The third-order valence-electron chi connectivity index (χ3n) is 6.54. The zero-order valence-electron chi connectivity index (χ0n) is 25.2. The molecule has 3 rings (SSSR count). The fourth-order valence-corrected chi connectivity index (χ4v) is 5.53. The summed E-state index contributed by atoms with van der Waals surface area (Å²) in [5.74, 6) is -1.46. The zero-order valence-corrected chi connectivity index (χ0v) is 26.0. The second-order valence-electron chi connectivity index (χ2n) is 11.3. The van der Waals surface area contributed by atoms with Gasteiger partial charge in [-0.3, -0.25) is 9.59 Å². The number of amidine groups is 1. The van der Waals surface area contributed by atoms with Gasteiger partial charge in [0.25, 0.3) is 0 Å². The summed E-state index contributed by atoms with van der Waals surface area (Å²) in [6.07, 6.45) is 0.768. The molecular weight excluding hydrogens is 582 g/mol. The number of nitrogens with zero attached hydrogens (tertiary/aromatic N) is 1. The number of oxime groups is 1. The van der Waals surface area contributed by atoms with Gasteiger partial charge in [0.05, 0.1) is 18.0 Å². The van der Waals surface area contributed by atoms with E-state index in [-0.39, 0.29) is 31.2 Å². The molecule has 3 aromatic rings. The first-order chi connectivity index (χ1) is 20.8. The van der Waals surface area contributed by atoms with Gasteiger partial charge in [0, 0.05) is 12.1 Å². The van der Waals surface area contributed by atoms with Crippen molar-refractivity contribution in [1.82, 2.24) is 15.4 Å². The third-order valence-corrected chi connectivity index (χ3v) is 7.90. The highest BCUT2D eigenvalue weighted by Gasteiger charge is 2.30. The van der Waals surface area contributed by atoms with Crippen molar-refractivity contribution < 1.29 is 28.0 Å². The Balaban J connectivity index is 1.76. The van der Waals surface area contributed by atoms with Gasteiger partial charge in [-0.15, -0.1) is 0 Å². The molecule has 0 radical (unpaired) electrons. The van der Waals surface area contributed by atoms with Crippen LogP contribution in [0.3, 0.4) is 0 Å². The van der Waals surface area contributed by atoms with E-state index < -0.39 is 39.5 Å². The molecule has 0 spiro atoms. The van der Waals surface area contributed by atoms with E-state index in [0.717, 1.165) is 11.1 Å². The van der Waals surface area contributed by atoms with Crippen LogP contribution in [-0.2, 0) is 43.1 Å². The molecule has 12 heteroatoms. The Hall–Kier alpha value is -4.26. The molecule has 0 saturated carbocycles. The van der Waals surface area contributed by atoms with E-state index in [0.29, 0.717) is 17.5 Å². The number of rotatable bonds is 15. The average molecular weight is 624 g/mol. The van der Waals surface area contributed by atoms with Crippen LogP contribution in [0.5, 0.6) is 0 Å². The number of hydrogen-bond donors (Lipinski definition) is 5. The Morgan fingerprint density at radius 1 is 0.864 bits per heavy atom. The van der Waals surface area contributed by atoms with Gasteiger partial charge >= 0.3 is 0 Å². The fraction of sp³-hybridized carbons (Fsp3) is 0.344. The molecule has 0 bridgehead atoms. The number of amides is 2. The maximum atomic E-state index is 13.6. The monoisotopic (exact) mass is 623 g/mol. The van der Waals surface area contributed by atoms with E-state index in [1.165, 1.54) is 0 Å². The lowest BCUT2D eigenvalue weighted by molar-refractivity contribution is -0.131. The van der Waals surface area contributed by atoms with E-state index >= 15 is 0 Å². The normalized spacial score (nSPS) is 13.6. The number of carbonyl (C=O) groups is 2. The lowest BCUT2D eigenvalue weighted by Crippen LogP contribution is -2.55. The minimum absolute atomic E-state index is 0.0336. The molecule has 0 heterocycles. The van der Waals surface area contributed by atoms with Gasteiger partial charge in [-0.05, 0) is 50.3 Å². The molecule has 0 unspecified atom stereocenters. The number of aryl methyl sites for hydroxylation is 1. The number of ether oxygens (including phenoxy) is 1. The summed E-state index contributed by atoms with van der Waals surface area (Å²) >= 11 is 0. The van der Waals surface area contributed by atoms with Crippen LogP contribution in [0.1, 0.15) is 49.4 Å². The number of nitrogens with one attached hydrogen (secondary N) is 3. The summed E-state index contributed by atoms with van der Waals surface area (Å²) in [7, 11) is -3.94. The summed E-state index contributed by atoms with van der Waals surface area (Å²) in [6, 6.07) is 22.7. The van der Waals surface area contributed by atoms with E-state index in [2.05, 4.69) is 20.5 Å². The standard InChI is InChI=1S/C32H41N5O6S/c1-32(2,3)43-21-28(37-44(41,42)22-25-12-8-5-9-13-25)31(39)35-27(19-16-23-10-6-4-7-11-23)30(38)34-20-24-14-17-26(18-15-24)29(33)36-40/h4-15,17-18,27-28,37,40H,16,19-22H2,1-3H3,(H2,33,36)(H,34,38)(H,35,39)/t27-,28+/m0/s1. The molecule has 0 aliphatic carbocycles. The van der Waals surface area contributed by atoms with Crippen LogP contribution in [-0.4, -0.2) is 55.6 Å². The first-order valence-corrected chi connectivity index (χ1v) is 15.9. The molecular formula is C32H41N5O6S. The van der Waals surface area contributed by atoms with Crippen LogP contribution >= 0.6 is 0 Å². The topological polar surface area (TPSA) is 172 Å². The van der Waals surface area contributed by atoms with Gasteiger partial charge in [-0.25, -0.2) is 13.1 Å². The van der Waals surface area contributed by atoms with Crippen molar-refractivity contribution >= 4 is 27.7 Å². The predicted molar refractivity (Wildman–Crippen MR) is 169 cm³/mol. The van der Waals surface area contributed by atoms with Crippen molar-refractivity contribution in [2.45, 2.75) is 63.6 Å². The first kappa shape index (κ1) is 34.2. The van der Waals surface area contributed by atoms with E-state index in [1.54, 1.807) is 75.4 Å². The molecule has 6 N–H and O–H groups in total. The number of nitrogens with two attached hydrogens (primary N) is 1. The van der Waals surface area contributed by atoms with E-state index in [1.807, 2.05) is 30.3 Å². The van der Waals surface area contributed by atoms with Crippen LogP contribution in [0.4, 0.5) is 0 Å². The van der Waals surface area contributed by atoms with Crippen LogP contribution < -0.4 is 21.1 Å². The second-order valence-corrected chi connectivity index (χ2v) is 13.1. The molecule has 2 amide bonds. The maximum Gasteiger partial charge on any atom is 0.242 e. The average Bonchev–Trinajstić information content (AvgIpc) is 3.00. The van der Waals surface area contributed by atoms with Gasteiger partial charge in [-0.2, -0.15) is 0 Å². The lowest BCUT2D eigenvalue weighted by Gasteiger charge is -2.26. The molecule has 11 nitrogen and oxygen atoms in total. The Labute approximate surface area is 258 Å². The highest BCUT2D eigenvalue weighted by atomic mass is 32.2. The second kappa shape index (κ2) is 16.0. The Kier molecular flexibility index (Phi) is 12.4. The molecule has 0 aliphatic rings. The summed E-state index contributed by atoms with van der Waals surface area (Å²) < 4.78 is 34.4. The van der Waals surface area contributed by atoms with Gasteiger partial charge < -0.3 is 26.3 Å². The van der Waals surface area contributed by atoms with E-state index in [4.69, 9.17) is 15.7 Å². The van der Waals surface area contributed by atoms with Gasteiger partial charge in [-0.1, -0.05) is 90.1 Å². The predicted octanol–water partition coefficient (Wildman–Crippen LogP) is 2.82. The summed E-state index contributed by atoms with van der Waals surface area (Å²) in [4.78, 5) is 27.0. The molecule has 0 saturated heterocycles. The Bertz CT molecular complexity index is 1490. The Morgan fingerprint density at radius 3 is 2.02 bits per heavy atom. The van der Waals surface area contributed by atoms with Crippen molar-refractivity contribution in [2.24, 2.45) is 10.9 Å². The summed E-state index contributed by atoms with van der Waals surface area (Å²) in [5, 5.41) is 17.4. The van der Waals surface area contributed by atoms with Crippen LogP contribution in [0.25, 0.3) is 0 Å². The van der Waals surface area contributed by atoms with Crippen molar-refractivity contribution in [3.05, 3.63) is 107 Å². The van der Waals surface area contributed by atoms with Gasteiger partial charge in [0.1, 0.15) is 12.1 Å². The van der Waals surface area contributed by atoms with Crippen molar-refractivity contribution in [3.63, 3.8) is 0 Å². The van der Waals surface area contributed by atoms with Gasteiger partial charge in [0.2, 0.25) is 21.8 Å². The number of hydrogen-bond acceptors (Lipinski definition) is 7. The van der Waals surface area contributed by atoms with Crippen molar-refractivity contribution in [3.8, 4) is 0 Å².